The molecule has 0 saturated heterocycles. The summed E-state index contributed by atoms with van der Waals surface area (Å²) in [6.45, 7) is 0.565. The first-order chi connectivity index (χ1) is 10.1. The molecule has 1 saturated carbocycles. The maximum Gasteiger partial charge on any atom is 0.214 e. The van der Waals surface area contributed by atoms with Gasteiger partial charge in [0.1, 0.15) is 0 Å². The second-order valence-corrected chi connectivity index (χ2v) is 8.31. The first-order valence-electron chi connectivity index (χ1n) is 7.59. The molecule has 0 bridgehead atoms. The number of pyridine rings is 1. The number of halogens is 1. The topological polar surface area (TPSA) is 50.3 Å². The molecule has 0 spiro atoms. The molecule has 6 heteroatoms. The van der Waals surface area contributed by atoms with E-state index in [2.05, 4.69) is 20.9 Å². The number of aryl methyl sites for hydroxylation is 1. The van der Waals surface area contributed by atoms with Gasteiger partial charge in [-0.25, -0.2) is 8.42 Å². The minimum atomic E-state index is -3.22. The summed E-state index contributed by atoms with van der Waals surface area (Å²) in [4.78, 5) is 4.21. The number of rotatable bonds is 7. The molecule has 1 heterocycles. The summed E-state index contributed by atoms with van der Waals surface area (Å²) >= 11 is 3.39. The summed E-state index contributed by atoms with van der Waals surface area (Å²) in [7, 11) is -3.22. The van der Waals surface area contributed by atoms with E-state index < -0.39 is 10.0 Å². The predicted octanol–water partition coefficient (Wildman–Crippen LogP) is 2.98. The van der Waals surface area contributed by atoms with Crippen molar-refractivity contribution in [2.24, 2.45) is 0 Å². The Morgan fingerprint density at radius 3 is 2.62 bits per heavy atom. The fourth-order valence-corrected chi connectivity index (χ4v) is 5.25. The quantitative estimate of drug-likeness (QED) is 0.689. The molecule has 1 aliphatic rings. The van der Waals surface area contributed by atoms with E-state index in [0.29, 0.717) is 18.3 Å². The molecule has 0 amide bonds. The van der Waals surface area contributed by atoms with Crippen LogP contribution in [0.2, 0.25) is 0 Å². The highest BCUT2D eigenvalue weighted by Gasteiger charge is 2.30. The van der Waals surface area contributed by atoms with E-state index in [1.165, 1.54) is 6.42 Å². The maximum atomic E-state index is 12.7. The molecule has 1 aliphatic carbocycles. The van der Waals surface area contributed by atoms with E-state index in [1.807, 2.05) is 18.2 Å². The first kappa shape index (κ1) is 16.9. The SMILES string of the molecule is O=S(=O)(CCc1ccccn1)N(CCBr)C1CCCCC1. The van der Waals surface area contributed by atoms with Crippen molar-refractivity contribution < 1.29 is 8.42 Å². The minimum Gasteiger partial charge on any atom is -0.261 e. The van der Waals surface area contributed by atoms with Gasteiger partial charge in [0.25, 0.3) is 0 Å². The summed E-state index contributed by atoms with van der Waals surface area (Å²) < 4.78 is 27.1. The Bertz CT molecular complexity index is 516. The Hall–Kier alpha value is -0.460. The lowest BCUT2D eigenvalue weighted by Crippen LogP contribution is -2.43. The summed E-state index contributed by atoms with van der Waals surface area (Å²) in [6, 6.07) is 5.80. The monoisotopic (exact) mass is 374 g/mol. The van der Waals surface area contributed by atoms with Crippen LogP contribution in [0.25, 0.3) is 0 Å². The van der Waals surface area contributed by atoms with Crippen LogP contribution < -0.4 is 0 Å². The molecule has 4 nitrogen and oxygen atoms in total. The second-order valence-electron chi connectivity index (χ2n) is 5.48. The van der Waals surface area contributed by atoms with Gasteiger partial charge in [-0.15, -0.1) is 0 Å². The van der Waals surface area contributed by atoms with Gasteiger partial charge >= 0.3 is 0 Å². The molecule has 1 aromatic heterocycles. The largest absolute Gasteiger partial charge is 0.261 e. The van der Waals surface area contributed by atoms with E-state index in [1.54, 1.807) is 10.5 Å². The number of hydrogen-bond donors (Lipinski definition) is 0. The third kappa shape index (κ3) is 5.04. The lowest BCUT2D eigenvalue weighted by Gasteiger charge is -2.33. The van der Waals surface area contributed by atoms with Gasteiger partial charge in [-0.1, -0.05) is 41.3 Å². The van der Waals surface area contributed by atoms with Crippen molar-refractivity contribution in [1.29, 1.82) is 0 Å². The molecular formula is C15H23BrN2O2S. The molecular weight excluding hydrogens is 352 g/mol. The van der Waals surface area contributed by atoms with Gasteiger partial charge in [0.05, 0.1) is 5.75 Å². The van der Waals surface area contributed by atoms with Crippen molar-refractivity contribution in [2.75, 3.05) is 17.6 Å². The summed E-state index contributed by atoms with van der Waals surface area (Å²) in [6.07, 6.45) is 7.69. The van der Waals surface area contributed by atoms with Crippen LogP contribution in [0.1, 0.15) is 37.8 Å². The number of aromatic nitrogens is 1. The van der Waals surface area contributed by atoms with Gasteiger partial charge in [-0.2, -0.15) is 4.31 Å². The lowest BCUT2D eigenvalue weighted by atomic mass is 9.95. The molecule has 1 aromatic rings. The van der Waals surface area contributed by atoms with Gasteiger partial charge in [0, 0.05) is 36.2 Å². The van der Waals surface area contributed by atoms with Crippen molar-refractivity contribution in [1.82, 2.24) is 9.29 Å². The molecule has 0 radical (unpaired) electrons. The molecule has 0 unspecified atom stereocenters. The van der Waals surface area contributed by atoms with Crippen molar-refractivity contribution in [3.8, 4) is 0 Å². The normalized spacial score (nSPS) is 17.2. The third-order valence-corrected chi connectivity index (χ3v) is 6.26. The fraction of sp³-hybridized carbons (Fsp3) is 0.667. The van der Waals surface area contributed by atoms with Crippen LogP contribution in [-0.2, 0) is 16.4 Å². The van der Waals surface area contributed by atoms with E-state index in [4.69, 9.17) is 0 Å². The zero-order valence-corrected chi connectivity index (χ0v) is 14.7. The molecule has 0 N–H and O–H groups in total. The van der Waals surface area contributed by atoms with Gasteiger partial charge in [-0.05, 0) is 25.0 Å². The highest BCUT2D eigenvalue weighted by molar-refractivity contribution is 9.09. The zero-order valence-electron chi connectivity index (χ0n) is 12.2. The number of hydrogen-bond acceptors (Lipinski definition) is 3. The summed E-state index contributed by atoms with van der Waals surface area (Å²) in [5.74, 6) is 0.146. The summed E-state index contributed by atoms with van der Waals surface area (Å²) in [5, 5.41) is 0.687. The van der Waals surface area contributed by atoms with E-state index >= 15 is 0 Å². The van der Waals surface area contributed by atoms with Crippen LogP contribution in [0, 0.1) is 0 Å². The maximum absolute atomic E-state index is 12.7. The first-order valence-corrected chi connectivity index (χ1v) is 10.3. The Kier molecular flexibility index (Phi) is 6.64. The van der Waals surface area contributed by atoms with Gasteiger partial charge in [0.2, 0.25) is 10.0 Å². The highest BCUT2D eigenvalue weighted by atomic mass is 79.9. The predicted molar refractivity (Wildman–Crippen MR) is 89.1 cm³/mol. The molecule has 0 atom stereocenters. The van der Waals surface area contributed by atoms with E-state index in [-0.39, 0.29) is 11.8 Å². The molecule has 2 rings (SSSR count). The van der Waals surface area contributed by atoms with Crippen LogP contribution in [0.15, 0.2) is 24.4 Å². The van der Waals surface area contributed by atoms with Crippen molar-refractivity contribution in [2.45, 2.75) is 44.6 Å². The molecule has 0 aliphatic heterocycles. The van der Waals surface area contributed by atoms with Crippen molar-refractivity contribution >= 4 is 26.0 Å². The van der Waals surface area contributed by atoms with E-state index in [0.717, 1.165) is 31.4 Å². The average molecular weight is 375 g/mol. The minimum absolute atomic E-state index is 0.146. The molecule has 0 aromatic carbocycles. The zero-order chi connectivity index (χ0) is 15.1. The van der Waals surface area contributed by atoms with E-state index in [9.17, 15) is 8.42 Å². The van der Waals surface area contributed by atoms with Crippen molar-refractivity contribution in [3.63, 3.8) is 0 Å². The Morgan fingerprint density at radius 2 is 2.00 bits per heavy atom. The molecule has 1 fully saturated rings. The average Bonchev–Trinajstić information content (AvgIpc) is 2.52. The smallest absolute Gasteiger partial charge is 0.214 e. The lowest BCUT2D eigenvalue weighted by molar-refractivity contribution is 0.263. The van der Waals surface area contributed by atoms with Crippen LogP contribution in [0.3, 0.4) is 0 Å². The fourth-order valence-electron chi connectivity index (χ4n) is 2.90. The Morgan fingerprint density at radius 1 is 1.24 bits per heavy atom. The number of alkyl halides is 1. The van der Waals surface area contributed by atoms with Gasteiger partial charge < -0.3 is 0 Å². The standard InChI is InChI=1S/C15H23BrN2O2S/c16-10-12-18(15-7-2-1-3-8-15)21(19,20)13-9-14-6-4-5-11-17-14/h4-6,11,15H,1-3,7-10,12-13H2. The number of nitrogens with zero attached hydrogens (tertiary/aromatic N) is 2. The summed E-state index contributed by atoms with van der Waals surface area (Å²) in [5.41, 5.74) is 0.837. The Balaban J connectivity index is 2.02. The van der Waals surface area contributed by atoms with Crippen LogP contribution in [0.5, 0.6) is 0 Å². The van der Waals surface area contributed by atoms with Crippen LogP contribution in [0.4, 0.5) is 0 Å². The second kappa shape index (κ2) is 8.25. The Labute approximate surface area is 136 Å². The van der Waals surface area contributed by atoms with Crippen LogP contribution in [-0.4, -0.2) is 41.4 Å². The third-order valence-electron chi connectivity index (χ3n) is 3.99. The highest BCUT2D eigenvalue weighted by Crippen LogP contribution is 2.25. The van der Waals surface area contributed by atoms with Crippen molar-refractivity contribution in [3.05, 3.63) is 30.1 Å². The number of sulfonamides is 1. The van der Waals surface area contributed by atoms with Gasteiger partial charge in [0.15, 0.2) is 0 Å². The van der Waals surface area contributed by atoms with Crippen LogP contribution >= 0.6 is 15.9 Å². The molecule has 21 heavy (non-hydrogen) atoms. The van der Waals surface area contributed by atoms with Gasteiger partial charge in [-0.3, -0.25) is 4.98 Å². The molecule has 118 valence electrons.